The largest absolute Gasteiger partial charge is 0.344 e. The van der Waals surface area contributed by atoms with E-state index in [0.29, 0.717) is 10.7 Å². The van der Waals surface area contributed by atoms with Gasteiger partial charge in [-0.1, -0.05) is 6.07 Å². The predicted octanol–water partition coefficient (Wildman–Crippen LogP) is 4.10. The van der Waals surface area contributed by atoms with Gasteiger partial charge in [-0.15, -0.1) is 11.3 Å². The maximum Gasteiger partial charge on any atom is 0.173 e. The summed E-state index contributed by atoms with van der Waals surface area (Å²) in [6.45, 7) is 4.30. The zero-order chi connectivity index (χ0) is 18.2. The molecule has 0 bridgehead atoms. The molecule has 0 aliphatic rings. The van der Waals surface area contributed by atoms with Gasteiger partial charge >= 0.3 is 0 Å². The smallest absolute Gasteiger partial charge is 0.173 e. The van der Waals surface area contributed by atoms with E-state index >= 15 is 0 Å². The number of benzene rings is 1. The molecule has 0 aliphatic heterocycles. The standard InChI is InChI=1S/C19H25N3OS2/c1-15(23)16-7-9-17(10-8-16)20-19(24)22(12-5-11-21(2)3)14-18-6-4-13-25-18/h4,6-10,13H,5,11-12,14H2,1-3H3,(H,20,24). The third-order valence-corrected chi connectivity index (χ3v) is 5.01. The highest BCUT2D eigenvalue weighted by Crippen LogP contribution is 2.15. The highest BCUT2D eigenvalue weighted by molar-refractivity contribution is 7.80. The van der Waals surface area contributed by atoms with Crippen molar-refractivity contribution in [3.05, 3.63) is 52.2 Å². The predicted molar refractivity (Wildman–Crippen MR) is 111 cm³/mol. The van der Waals surface area contributed by atoms with Crippen LogP contribution in [0.2, 0.25) is 0 Å². The molecule has 4 nitrogen and oxygen atoms in total. The normalized spacial score (nSPS) is 10.7. The number of hydrogen-bond acceptors (Lipinski definition) is 4. The lowest BCUT2D eigenvalue weighted by atomic mass is 10.1. The molecular weight excluding hydrogens is 350 g/mol. The van der Waals surface area contributed by atoms with Gasteiger partial charge in [0.05, 0.1) is 6.54 Å². The lowest BCUT2D eigenvalue weighted by Crippen LogP contribution is -2.36. The van der Waals surface area contributed by atoms with Crippen molar-refractivity contribution in [1.82, 2.24) is 9.80 Å². The number of anilines is 1. The number of nitrogens with zero attached hydrogens (tertiary/aromatic N) is 2. The number of ketones is 1. The van der Waals surface area contributed by atoms with Crippen LogP contribution in [0, 0.1) is 0 Å². The van der Waals surface area contributed by atoms with Gasteiger partial charge in [-0.2, -0.15) is 0 Å². The number of thiophene rings is 1. The Morgan fingerprint density at radius 2 is 1.88 bits per heavy atom. The van der Waals surface area contributed by atoms with E-state index in [-0.39, 0.29) is 5.78 Å². The summed E-state index contributed by atoms with van der Waals surface area (Å²) in [7, 11) is 4.16. The fourth-order valence-corrected chi connectivity index (χ4v) is 3.40. The van der Waals surface area contributed by atoms with Crippen molar-refractivity contribution in [2.24, 2.45) is 0 Å². The summed E-state index contributed by atoms with van der Waals surface area (Å²) in [5.74, 6) is 0.0668. The Morgan fingerprint density at radius 1 is 1.16 bits per heavy atom. The highest BCUT2D eigenvalue weighted by atomic mass is 32.1. The van der Waals surface area contributed by atoms with Crippen molar-refractivity contribution in [3.63, 3.8) is 0 Å². The maximum absolute atomic E-state index is 11.4. The van der Waals surface area contributed by atoms with Gasteiger partial charge in [-0.25, -0.2) is 0 Å². The quantitative estimate of drug-likeness (QED) is 0.555. The van der Waals surface area contributed by atoms with Crippen LogP contribution in [0.5, 0.6) is 0 Å². The Labute approximate surface area is 159 Å². The molecule has 1 N–H and O–H groups in total. The molecule has 0 amide bonds. The van der Waals surface area contributed by atoms with Crippen molar-refractivity contribution in [3.8, 4) is 0 Å². The van der Waals surface area contributed by atoms with Crippen LogP contribution in [0.4, 0.5) is 5.69 Å². The highest BCUT2D eigenvalue weighted by Gasteiger charge is 2.12. The first-order chi connectivity index (χ1) is 12.0. The number of rotatable bonds is 8. The second-order valence-corrected chi connectivity index (χ2v) is 7.64. The van der Waals surface area contributed by atoms with E-state index in [9.17, 15) is 4.79 Å². The Morgan fingerprint density at radius 3 is 2.44 bits per heavy atom. The number of Topliss-reactive ketones (excluding diaryl/α,β-unsaturated/α-hetero) is 1. The summed E-state index contributed by atoms with van der Waals surface area (Å²) in [6.07, 6.45) is 1.05. The van der Waals surface area contributed by atoms with Gasteiger partial charge in [0, 0.05) is 22.7 Å². The first kappa shape index (κ1) is 19.6. The lowest BCUT2D eigenvalue weighted by molar-refractivity contribution is 0.101. The molecule has 134 valence electrons. The van der Waals surface area contributed by atoms with E-state index in [1.807, 2.05) is 24.3 Å². The van der Waals surface area contributed by atoms with E-state index in [1.165, 1.54) is 4.88 Å². The van der Waals surface area contributed by atoms with Crippen molar-refractivity contribution in [1.29, 1.82) is 0 Å². The van der Waals surface area contributed by atoms with E-state index < -0.39 is 0 Å². The monoisotopic (exact) mass is 375 g/mol. The molecule has 2 aromatic rings. The summed E-state index contributed by atoms with van der Waals surface area (Å²) in [4.78, 5) is 17.1. The third-order valence-electron chi connectivity index (χ3n) is 3.79. The summed E-state index contributed by atoms with van der Waals surface area (Å²) >= 11 is 7.38. The zero-order valence-corrected chi connectivity index (χ0v) is 16.6. The summed E-state index contributed by atoms with van der Waals surface area (Å²) in [5.41, 5.74) is 1.61. The fourth-order valence-electron chi connectivity index (χ4n) is 2.41. The number of carbonyl (C=O) groups excluding carboxylic acids is 1. The molecule has 0 fully saturated rings. The van der Waals surface area contributed by atoms with Crippen LogP contribution in [-0.4, -0.2) is 47.9 Å². The van der Waals surface area contributed by atoms with Gasteiger partial charge in [-0.3, -0.25) is 4.79 Å². The van der Waals surface area contributed by atoms with Crippen LogP contribution in [0.3, 0.4) is 0 Å². The van der Waals surface area contributed by atoms with E-state index in [4.69, 9.17) is 12.2 Å². The number of nitrogens with one attached hydrogen (secondary N) is 1. The molecule has 0 radical (unpaired) electrons. The van der Waals surface area contributed by atoms with Gasteiger partial charge in [0.15, 0.2) is 10.9 Å². The summed E-state index contributed by atoms with van der Waals surface area (Å²) in [5, 5.41) is 6.09. The first-order valence-electron chi connectivity index (χ1n) is 8.30. The Hall–Kier alpha value is -1.76. The van der Waals surface area contributed by atoms with Crippen LogP contribution >= 0.6 is 23.6 Å². The lowest BCUT2D eigenvalue weighted by Gasteiger charge is -2.26. The average molecular weight is 376 g/mol. The molecule has 6 heteroatoms. The molecule has 25 heavy (non-hydrogen) atoms. The molecule has 2 rings (SSSR count). The second-order valence-electron chi connectivity index (χ2n) is 6.22. The first-order valence-corrected chi connectivity index (χ1v) is 9.58. The summed E-state index contributed by atoms with van der Waals surface area (Å²) < 4.78 is 0. The van der Waals surface area contributed by atoms with Gasteiger partial charge in [0.25, 0.3) is 0 Å². The number of carbonyl (C=O) groups is 1. The van der Waals surface area contributed by atoms with Crippen LogP contribution in [-0.2, 0) is 6.54 Å². The minimum absolute atomic E-state index is 0.0668. The number of thiocarbonyl (C=S) groups is 1. The molecule has 0 aliphatic carbocycles. The molecule has 0 saturated carbocycles. The fraction of sp³-hybridized carbons (Fsp3) is 0.368. The van der Waals surface area contributed by atoms with Crippen molar-refractivity contribution >= 4 is 40.1 Å². The van der Waals surface area contributed by atoms with E-state index in [0.717, 1.165) is 31.7 Å². The van der Waals surface area contributed by atoms with Crippen LogP contribution in [0.1, 0.15) is 28.6 Å². The Kier molecular flexibility index (Phi) is 7.55. The molecule has 0 unspecified atom stereocenters. The number of hydrogen-bond donors (Lipinski definition) is 1. The third kappa shape index (κ3) is 6.57. The maximum atomic E-state index is 11.4. The Balaban J connectivity index is 2.01. The van der Waals surface area contributed by atoms with Crippen LogP contribution < -0.4 is 5.32 Å². The molecule has 1 heterocycles. The Bertz CT molecular complexity index is 681. The van der Waals surface area contributed by atoms with Crippen LogP contribution in [0.15, 0.2) is 41.8 Å². The van der Waals surface area contributed by atoms with E-state index in [1.54, 1.807) is 18.3 Å². The zero-order valence-electron chi connectivity index (χ0n) is 15.0. The minimum atomic E-state index is 0.0668. The van der Waals surface area contributed by atoms with E-state index in [2.05, 4.69) is 46.7 Å². The topological polar surface area (TPSA) is 35.6 Å². The van der Waals surface area contributed by atoms with Gasteiger partial charge in [-0.05, 0) is 81.9 Å². The van der Waals surface area contributed by atoms with Gasteiger partial charge < -0.3 is 15.1 Å². The minimum Gasteiger partial charge on any atom is -0.344 e. The molecule has 0 atom stereocenters. The van der Waals surface area contributed by atoms with Crippen molar-refractivity contribution < 1.29 is 4.79 Å². The molecule has 1 aromatic carbocycles. The van der Waals surface area contributed by atoms with Crippen LogP contribution in [0.25, 0.3) is 0 Å². The molecule has 0 spiro atoms. The molecule has 0 saturated heterocycles. The summed E-state index contributed by atoms with van der Waals surface area (Å²) in [6, 6.07) is 11.6. The molecule has 1 aromatic heterocycles. The van der Waals surface area contributed by atoms with Crippen molar-refractivity contribution in [2.45, 2.75) is 19.9 Å². The SMILES string of the molecule is CC(=O)c1ccc(NC(=S)N(CCCN(C)C)Cc2cccs2)cc1. The van der Waals surface area contributed by atoms with Gasteiger partial charge in [0.1, 0.15) is 0 Å². The van der Waals surface area contributed by atoms with Crippen molar-refractivity contribution in [2.75, 3.05) is 32.5 Å². The molecular formula is C19H25N3OS2. The average Bonchev–Trinajstić information content (AvgIpc) is 3.07. The van der Waals surface area contributed by atoms with Gasteiger partial charge in [0.2, 0.25) is 0 Å². The second kappa shape index (κ2) is 9.65.